The molecule has 1 N–H and O–H groups in total. The third-order valence-electron chi connectivity index (χ3n) is 4.52. The van der Waals surface area contributed by atoms with Gasteiger partial charge in [-0.3, -0.25) is 14.3 Å². The Bertz CT molecular complexity index is 1010. The Morgan fingerprint density at radius 2 is 1.96 bits per heavy atom. The Balaban J connectivity index is 1.64. The van der Waals surface area contributed by atoms with Crippen molar-refractivity contribution in [2.45, 2.75) is 25.9 Å². The topological polar surface area (TPSA) is 75.9 Å². The van der Waals surface area contributed by atoms with Gasteiger partial charge in [0, 0.05) is 25.4 Å². The molecule has 3 aromatic rings. The van der Waals surface area contributed by atoms with Crippen LogP contribution in [-0.4, -0.2) is 26.1 Å². The number of rotatable bonds is 4. The van der Waals surface area contributed by atoms with Gasteiger partial charge < -0.3 is 5.32 Å². The summed E-state index contributed by atoms with van der Waals surface area (Å²) >= 11 is 2.07. The fraction of sp³-hybridized carbons (Fsp3) is 0.263. The summed E-state index contributed by atoms with van der Waals surface area (Å²) in [5, 5.41) is 3.35. The van der Waals surface area contributed by atoms with Crippen LogP contribution in [-0.2, 0) is 6.54 Å². The average Bonchev–Trinajstić information content (AvgIpc) is 2.68. The molecule has 1 aliphatic heterocycles. The maximum atomic E-state index is 12.3. The first-order valence-corrected chi connectivity index (χ1v) is 9.89. The van der Waals surface area contributed by atoms with E-state index in [-0.39, 0.29) is 11.6 Å². The van der Waals surface area contributed by atoms with Crippen LogP contribution in [0.3, 0.4) is 0 Å². The second-order valence-corrected chi connectivity index (χ2v) is 7.49. The summed E-state index contributed by atoms with van der Waals surface area (Å²) in [4.78, 5) is 27.8. The predicted molar refractivity (Wildman–Crippen MR) is 113 cm³/mol. The molecule has 7 nitrogen and oxygen atoms in total. The van der Waals surface area contributed by atoms with Crippen molar-refractivity contribution in [1.29, 1.82) is 0 Å². The summed E-state index contributed by atoms with van der Waals surface area (Å²) in [5.41, 5.74) is 1.14. The molecule has 0 amide bonds. The minimum atomic E-state index is -0.0285. The number of fused-ring (bicyclic) bond motifs is 1. The molecular formula is C19H19IN6O. The lowest BCUT2D eigenvalue weighted by atomic mass is 10.1. The minimum absolute atomic E-state index is 0.0285. The Morgan fingerprint density at radius 3 is 2.78 bits per heavy atom. The molecule has 0 bridgehead atoms. The van der Waals surface area contributed by atoms with Gasteiger partial charge in [0.05, 0.1) is 6.04 Å². The van der Waals surface area contributed by atoms with Crippen molar-refractivity contribution in [3.8, 4) is 0 Å². The number of halogens is 1. The van der Waals surface area contributed by atoms with Gasteiger partial charge in [0.1, 0.15) is 9.52 Å². The van der Waals surface area contributed by atoms with E-state index in [1.54, 1.807) is 16.8 Å². The van der Waals surface area contributed by atoms with Gasteiger partial charge in [0.2, 0.25) is 11.9 Å². The van der Waals surface area contributed by atoms with Crippen LogP contribution in [0.15, 0.2) is 53.5 Å². The number of hydrogen-bond donors (Lipinski definition) is 1. The number of anilines is 3. The standard InChI is InChI=1S/C19H19IN6O/c1-13(14-6-3-2-4-7-14)22-18-21-9-8-16(24-18)25-10-5-11-26-17(27)12-15(20)23-19(25)26/h2-4,6-9,12-13H,5,10-11H2,1H3,(H,21,22,24)/t13-/m0/s1. The summed E-state index contributed by atoms with van der Waals surface area (Å²) in [6.07, 6.45) is 2.59. The first kappa shape index (κ1) is 17.9. The highest BCUT2D eigenvalue weighted by Crippen LogP contribution is 2.26. The molecule has 138 valence electrons. The fourth-order valence-corrected chi connectivity index (χ4v) is 3.66. The molecule has 0 saturated heterocycles. The van der Waals surface area contributed by atoms with Crippen LogP contribution in [0.25, 0.3) is 0 Å². The van der Waals surface area contributed by atoms with Crippen molar-refractivity contribution >= 4 is 40.3 Å². The first-order chi connectivity index (χ1) is 13.1. The highest BCUT2D eigenvalue weighted by Gasteiger charge is 2.22. The molecule has 0 aliphatic carbocycles. The van der Waals surface area contributed by atoms with Crippen molar-refractivity contribution in [3.05, 3.63) is 68.3 Å². The molecule has 0 spiro atoms. The zero-order valence-electron chi connectivity index (χ0n) is 14.8. The third kappa shape index (κ3) is 3.80. The third-order valence-corrected chi connectivity index (χ3v) is 5.08. The van der Waals surface area contributed by atoms with Crippen LogP contribution in [0.5, 0.6) is 0 Å². The SMILES string of the molecule is C[C@H](Nc1nccc(N2CCCn3c2nc(I)cc3=O)n1)c1ccccc1. The van der Waals surface area contributed by atoms with Crippen LogP contribution in [0.2, 0.25) is 0 Å². The smallest absolute Gasteiger partial charge is 0.255 e. The van der Waals surface area contributed by atoms with Crippen LogP contribution < -0.4 is 15.8 Å². The first-order valence-electron chi connectivity index (χ1n) is 8.81. The van der Waals surface area contributed by atoms with Crippen LogP contribution in [0, 0.1) is 3.70 Å². The van der Waals surface area contributed by atoms with E-state index in [0.29, 0.717) is 22.1 Å². The minimum Gasteiger partial charge on any atom is -0.348 e. The normalized spacial score (nSPS) is 14.5. The van der Waals surface area contributed by atoms with Crippen molar-refractivity contribution in [2.24, 2.45) is 0 Å². The summed E-state index contributed by atoms with van der Waals surface area (Å²) in [6, 6.07) is 13.7. The van der Waals surface area contributed by atoms with Gasteiger partial charge in [-0.2, -0.15) is 4.98 Å². The predicted octanol–water partition coefficient (Wildman–Crippen LogP) is 3.35. The number of nitrogens with zero attached hydrogens (tertiary/aromatic N) is 5. The molecule has 0 saturated carbocycles. The van der Waals surface area contributed by atoms with E-state index in [0.717, 1.165) is 24.3 Å². The number of benzene rings is 1. The van der Waals surface area contributed by atoms with E-state index < -0.39 is 0 Å². The molecule has 0 unspecified atom stereocenters. The molecule has 1 aliphatic rings. The maximum absolute atomic E-state index is 12.3. The molecule has 0 radical (unpaired) electrons. The Labute approximate surface area is 170 Å². The quantitative estimate of drug-likeness (QED) is 0.462. The Kier molecular flexibility index (Phi) is 5.06. The maximum Gasteiger partial charge on any atom is 0.255 e. The van der Waals surface area contributed by atoms with Gasteiger partial charge in [-0.25, -0.2) is 9.97 Å². The summed E-state index contributed by atoms with van der Waals surface area (Å²) in [6.45, 7) is 3.51. The van der Waals surface area contributed by atoms with Gasteiger partial charge in [0.15, 0.2) is 0 Å². The molecule has 3 heterocycles. The average molecular weight is 474 g/mol. The van der Waals surface area contributed by atoms with Gasteiger partial charge >= 0.3 is 0 Å². The van der Waals surface area contributed by atoms with Crippen molar-refractivity contribution in [3.63, 3.8) is 0 Å². The molecule has 27 heavy (non-hydrogen) atoms. The molecule has 1 atom stereocenters. The Hall–Kier alpha value is -2.49. The second kappa shape index (κ2) is 7.63. The number of nitrogens with one attached hydrogen (secondary N) is 1. The molecular weight excluding hydrogens is 455 g/mol. The van der Waals surface area contributed by atoms with E-state index in [9.17, 15) is 4.79 Å². The summed E-state index contributed by atoms with van der Waals surface area (Å²) in [7, 11) is 0. The summed E-state index contributed by atoms with van der Waals surface area (Å²) in [5.74, 6) is 1.92. The van der Waals surface area contributed by atoms with E-state index in [1.165, 1.54) is 0 Å². The molecule has 8 heteroatoms. The largest absolute Gasteiger partial charge is 0.348 e. The van der Waals surface area contributed by atoms with E-state index >= 15 is 0 Å². The number of aromatic nitrogens is 4. The van der Waals surface area contributed by atoms with Crippen LogP contribution in [0.1, 0.15) is 24.9 Å². The zero-order chi connectivity index (χ0) is 18.8. The molecule has 4 rings (SSSR count). The van der Waals surface area contributed by atoms with Gasteiger partial charge in [0.25, 0.3) is 5.56 Å². The lowest BCUT2D eigenvalue weighted by Gasteiger charge is -2.30. The van der Waals surface area contributed by atoms with Gasteiger partial charge in [-0.15, -0.1) is 0 Å². The molecule has 1 aromatic carbocycles. The van der Waals surface area contributed by atoms with Crippen molar-refractivity contribution < 1.29 is 0 Å². The van der Waals surface area contributed by atoms with Crippen molar-refractivity contribution in [2.75, 3.05) is 16.8 Å². The lowest BCUT2D eigenvalue weighted by Crippen LogP contribution is -2.36. The van der Waals surface area contributed by atoms with Crippen LogP contribution in [0.4, 0.5) is 17.7 Å². The monoisotopic (exact) mass is 474 g/mol. The highest BCUT2D eigenvalue weighted by molar-refractivity contribution is 14.1. The zero-order valence-corrected chi connectivity index (χ0v) is 17.0. The molecule has 0 fully saturated rings. The Morgan fingerprint density at radius 1 is 1.15 bits per heavy atom. The van der Waals surface area contributed by atoms with Crippen LogP contribution >= 0.6 is 22.6 Å². The van der Waals surface area contributed by atoms with Gasteiger partial charge in [-0.1, -0.05) is 30.3 Å². The second-order valence-electron chi connectivity index (χ2n) is 6.39. The van der Waals surface area contributed by atoms with E-state index in [4.69, 9.17) is 0 Å². The molecule has 2 aromatic heterocycles. The van der Waals surface area contributed by atoms with E-state index in [1.807, 2.05) is 29.2 Å². The van der Waals surface area contributed by atoms with E-state index in [2.05, 4.69) is 61.9 Å². The summed E-state index contributed by atoms with van der Waals surface area (Å²) < 4.78 is 2.38. The lowest BCUT2D eigenvalue weighted by molar-refractivity contribution is 0.559. The highest BCUT2D eigenvalue weighted by atomic mass is 127. The fourth-order valence-electron chi connectivity index (χ4n) is 3.17. The van der Waals surface area contributed by atoms with Gasteiger partial charge in [-0.05, 0) is 47.6 Å². The number of hydrogen-bond acceptors (Lipinski definition) is 6. The van der Waals surface area contributed by atoms with Crippen molar-refractivity contribution in [1.82, 2.24) is 19.5 Å².